The van der Waals surface area contributed by atoms with Gasteiger partial charge < -0.3 is 10.1 Å². The number of Topliss-reactive ketones (excluding diaryl/α,β-unsaturated/α-hetero) is 1. The number of allylic oxidation sites excluding steroid dienone is 2. The van der Waals surface area contributed by atoms with Crippen molar-refractivity contribution in [3.63, 3.8) is 0 Å². The molecule has 0 bridgehead atoms. The van der Waals surface area contributed by atoms with Crippen molar-refractivity contribution in [2.75, 3.05) is 12.4 Å². The van der Waals surface area contributed by atoms with E-state index >= 15 is 0 Å². The van der Waals surface area contributed by atoms with Crippen LogP contribution in [-0.4, -0.2) is 18.7 Å². The average Bonchev–Trinajstić information content (AvgIpc) is 2.74. The number of carbonyl (C=O) groups excluding carboxylic acids is 2. The van der Waals surface area contributed by atoms with E-state index in [1.54, 1.807) is 55.6 Å². The van der Waals surface area contributed by atoms with Gasteiger partial charge >= 0.3 is 0 Å². The zero-order valence-electron chi connectivity index (χ0n) is 16.7. The van der Waals surface area contributed by atoms with E-state index in [-0.39, 0.29) is 17.3 Å². The quantitative estimate of drug-likeness (QED) is 0.439. The molecule has 0 saturated heterocycles. The number of benzene rings is 3. The van der Waals surface area contributed by atoms with Gasteiger partial charge in [-0.05, 0) is 38.1 Å². The molecule has 0 radical (unpaired) electrons. The van der Waals surface area contributed by atoms with Gasteiger partial charge in [0.05, 0.1) is 12.8 Å². The smallest absolute Gasteiger partial charge is 0.209 e. The summed E-state index contributed by atoms with van der Waals surface area (Å²) < 4.78 is 5.17. The van der Waals surface area contributed by atoms with Gasteiger partial charge in [0.2, 0.25) is 5.78 Å². The monoisotopic (exact) mass is 385 g/mol. The third-order valence-electron chi connectivity index (χ3n) is 4.54. The molecule has 0 fully saturated rings. The number of hydrogen-bond acceptors (Lipinski definition) is 4. The zero-order chi connectivity index (χ0) is 20.8. The van der Waals surface area contributed by atoms with Crippen molar-refractivity contribution in [1.29, 1.82) is 0 Å². The van der Waals surface area contributed by atoms with Gasteiger partial charge in [0.15, 0.2) is 5.78 Å². The first-order valence-electron chi connectivity index (χ1n) is 9.31. The van der Waals surface area contributed by atoms with Gasteiger partial charge in [-0.1, -0.05) is 59.7 Å². The first kappa shape index (κ1) is 20.1. The van der Waals surface area contributed by atoms with E-state index in [2.05, 4.69) is 5.32 Å². The lowest BCUT2D eigenvalue weighted by Gasteiger charge is -2.11. The van der Waals surface area contributed by atoms with E-state index in [1.807, 2.05) is 38.1 Å². The number of aryl methyl sites for hydroxylation is 2. The SMILES string of the molecule is COc1ccc(NC(=CC(=O)c2ccc(C)cc2)C(=O)c2ccc(C)cc2)cc1. The summed E-state index contributed by atoms with van der Waals surface area (Å²) in [6, 6.07) is 21.7. The van der Waals surface area contributed by atoms with Crippen LogP contribution in [0, 0.1) is 13.8 Å². The Hall–Kier alpha value is -3.66. The number of methoxy groups -OCH3 is 1. The summed E-state index contributed by atoms with van der Waals surface area (Å²) in [5.74, 6) is 0.226. The molecule has 0 aliphatic rings. The van der Waals surface area contributed by atoms with Crippen molar-refractivity contribution >= 4 is 17.3 Å². The third kappa shape index (κ3) is 5.20. The molecule has 0 aromatic heterocycles. The molecule has 0 atom stereocenters. The normalized spacial score (nSPS) is 11.1. The van der Waals surface area contributed by atoms with Crippen molar-refractivity contribution < 1.29 is 14.3 Å². The molecule has 0 amide bonds. The molecule has 0 spiro atoms. The van der Waals surface area contributed by atoms with Crippen LogP contribution in [0.3, 0.4) is 0 Å². The topological polar surface area (TPSA) is 55.4 Å². The molecule has 1 N–H and O–H groups in total. The minimum Gasteiger partial charge on any atom is -0.497 e. The summed E-state index contributed by atoms with van der Waals surface area (Å²) in [5, 5.41) is 3.09. The number of anilines is 1. The Morgan fingerprint density at radius 1 is 0.759 bits per heavy atom. The fourth-order valence-corrected chi connectivity index (χ4v) is 2.78. The summed E-state index contributed by atoms with van der Waals surface area (Å²) in [6.45, 7) is 3.92. The molecule has 29 heavy (non-hydrogen) atoms. The van der Waals surface area contributed by atoms with Gasteiger partial charge in [-0.2, -0.15) is 0 Å². The Labute approximate surface area is 170 Å². The number of ether oxygens (including phenoxy) is 1. The average molecular weight is 385 g/mol. The van der Waals surface area contributed by atoms with Gasteiger partial charge in [-0.25, -0.2) is 0 Å². The van der Waals surface area contributed by atoms with E-state index in [4.69, 9.17) is 4.74 Å². The van der Waals surface area contributed by atoms with Crippen LogP contribution < -0.4 is 10.1 Å². The van der Waals surface area contributed by atoms with E-state index in [0.29, 0.717) is 22.6 Å². The van der Waals surface area contributed by atoms with Crippen molar-refractivity contribution in [3.8, 4) is 5.75 Å². The fraction of sp³-hybridized carbons (Fsp3) is 0.120. The molecular weight excluding hydrogens is 362 g/mol. The van der Waals surface area contributed by atoms with E-state index in [0.717, 1.165) is 11.1 Å². The molecule has 0 unspecified atom stereocenters. The Bertz CT molecular complexity index is 1030. The Balaban J connectivity index is 1.94. The maximum atomic E-state index is 13.1. The first-order chi connectivity index (χ1) is 14.0. The molecule has 0 aliphatic heterocycles. The summed E-state index contributed by atoms with van der Waals surface area (Å²) in [4.78, 5) is 25.9. The second-order valence-corrected chi connectivity index (χ2v) is 6.84. The van der Waals surface area contributed by atoms with Crippen LogP contribution in [0.4, 0.5) is 5.69 Å². The summed E-state index contributed by atoms with van der Waals surface area (Å²) in [5.41, 5.74) is 4.07. The molecule has 4 heteroatoms. The third-order valence-corrected chi connectivity index (χ3v) is 4.54. The maximum Gasteiger partial charge on any atom is 0.209 e. The van der Waals surface area contributed by atoms with Crippen LogP contribution in [0.1, 0.15) is 31.8 Å². The Morgan fingerprint density at radius 2 is 1.28 bits per heavy atom. The first-order valence-corrected chi connectivity index (χ1v) is 9.31. The molecule has 0 aliphatic carbocycles. The lowest BCUT2D eigenvalue weighted by Crippen LogP contribution is -2.14. The number of nitrogens with one attached hydrogen (secondary N) is 1. The van der Waals surface area contributed by atoms with Crippen molar-refractivity contribution in [2.45, 2.75) is 13.8 Å². The Morgan fingerprint density at radius 3 is 1.79 bits per heavy atom. The highest BCUT2D eigenvalue weighted by Gasteiger charge is 2.15. The molecule has 4 nitrogen and oxygen atoms in total. The Kier molecular flexibility index (Phi) is 6.25. The van der Waals surface area contributed by atoms with Crippen LogP contribution in [0.25, 0.3) is 0 Å². The van der Waals surface area contributed by atoms with Crippen molar-refractivity contribution in [3.05, 3.63) is 107 Å². The molecule has 146 valence electrons. The maximum absolute atomic E-state index is 13.1. The lowest BCUT2D eigenvalue weighted by atomic mass is 10.0. The minimum atomic E-state index is -0.249. The van der Waals surface area contributed by atoms with E-state index in [1.165, 1.54) is 6.08 Å². The number of hydrogen-bond donors (Lipinski definition) is 1. The highest BCUT2D eigenvalue weighted by Crippen LogP contribution is 2.19. The van der Waals surface area contributed by atoms with Gasteiger partial charge in [0, 0.05) is 22.9 Å². The largest absolute Gasteiger partial charge is 0.497 e. The van der Waals surface area contributed by atoms with E-state index < -0.39 is 0 Å². The van der Waals surface area contributed by atoms with Crippen LogP contribution in [-0.2, 0) is 0 Å². The van der Waals surface area contributed by atoms with Gasteiger partial charge in [-0.15, -0.1) is 0 Å². The van der Waals surface area contributed by atoms with Gasteiger partial charge in [-0.3, -0.25) is 9.59 Å². The van der Waals surface area contributed by atoms with E-state index in [9.17, 15) is 9.59 Å². The molecule has 0 saturated carbocycles. The molecule has 3 aromatic rings. The van der Waals surface area contributed by atoms with Crippen LogP contribution in [0.5, 0.6) is 5.75 Å². The summed E-state index contributed by atoms with van der Waals surface area (Å²) in [7, 11) is 1.59. The standard InChI is InChI=1S/C25H23NO3/c1-17-4-8-19(9-5-17)24(27)16-23(25(28)20-10-6-18(2)7-11-20)26-21-12-14-22(29-3)15-13-21/h4-16,26H,1-3H3. The fourth-order valence-electron chi connectivity index (χ4n) is 2.78. The van der Waals surface area contributed by atoms with Crippen LogP contribution in [0.15, 0.2) is 84.6 Å². The van der Waals surface area contributed by atoms with Crippen LogP contribution in [0.2, 0.25) is 0 Å². The summed E-state index contributed by atoms with van der Waals surface area (Å²) in [6.07, 6.45) is 1.36. The number of ketones is 2. The minimum absolute atomic E-state index is 0.213. The number of carbonyl (C=O) groups is 2. The number of rotatable bonds is 7. The molecule has 3 rings (SSSR count). The van der Waals surface area contributed by atoms with Gasteiger partial charge in [0.1, 0.15) is 5.75 Å². The highest BCUT2D eigenvalue weighted by atomic mass is 16.5. The molecular formula is C25H23NO3. The second-order valence-electron chi connectivity index (χ2n) is 6.84. The molecule has 3 aromatic carbocycles. The molecule has 0 heterocycles. The van der Waals surface area contributed by atoms with Crippen molar-refractivity contribution in [1.82, 2.24) is 0 Å². The predicted molar refractivity (Wildman–Crippen MR) is 116 cm³/mol. The van der Waals surface area contributed by atoms with Crippen molar-refractivity contribution in [2.24, 2.45) is 0 Å². The van der Waals surface area contributed by atoms with Gasteiger partial charge in [0.25, 0.3) is 0 Å². The summed E-state index contributed by atoms with van der Waals surface area (Å²) >= 11 is 0. The van der Waals surface area contributed by atoms with Crippen LogP contribution >= 0.6 is 0 Å². The lowest BCUT2D eigenvalue weighted by molar-refractivity contribution is 0.101. The zero-order valence-corrected chi connectivity index (χ0v) is 16.7. The second kappa shape index (κ2) is 9.02. The highest BCUT2D eigenvalue weighted by molar-refractivity contribution is 6.16. The predicted octanol–water partition coefficient (Wildman–Crippen LogP) is 5.37.